The minimum absolute atomic E-state index is 0.190. The van der Waals surface area contributed by atoms with E-state index in [2.05, 4.69) is 12.2 Å². The fraction of sp³-hybridized carbons (Fsp3) is 0.897. The van der Waals surface area contributed by atoms with Crippen LogP contribution in [0.15, 0.2) is 12.2 Å². The second kappa shape index (κ2) is 21.7. The third kappa shape index (κ3) is 14.4. The molecular formula is C29H55NO8. The van der Waals surface area contributed by atoms with E-state index in [0.717, 1.165) is 32.1 Å². The number of nitrogens with one attached hydrogen (secondary N) is 1. The lowest BCUT2D eigenvalue weighted by molar-refractivity contribution is -0.302. The smallest absolute Gasteiger partial charge is 0.220 e. The van der Waals surface area contributed by atoms with Gasteiger partial charge in [0.2, 0.25) is 5.91 Å². The molecule has 0 radical (unpaired) electrons. The van der Waals surface area contributed by atoms with E-state index in [9.17, 15) is 30.3 Å². The predicted molar refractivity (Wildman–Crippen MR) is 147 cm³/mol. The second-order valence-electron chi connectivity index (χ2n) is 10.6. The van der Waals surface area contributed by atoms with Crippen LogP contribution in [-0.4, -0.2) is 87.5 Å². The number of unbranched alkanes of at least 4 members (excludes halogenated alkanes) is 12. The summed E-state index contributed by atoms with van der Waals surface area (Å²) in [5, 5.41) is 53.0. The maximum absolute atomic E-state index is 12.3. The van der Waals surface area contributed by atoms with Crippen molar-refractivity contribution in [2.75, 3.05) is 13.2 Å². The predicted octanol–water partition coefficient (Wildman–Crippen LogP) is 3.10. The number of hydrogen-bond donors (Lipinski definition) is 6. The van der Waals surface area contributed by atoms with E-state index in [1.54, 1.807) is 6.08 Å². The topological polar surface area (TPSA) is 149 Å². The van der Waals surface area contributed by atoms with E-state index < -0.39 is 49.5 Å². The summed E-state index contributed by atoms with van der Waals surface area (Å²) in [4.78, 5) is 12.3. The lowest BCUT2D eigenvalue weighted by Crippen LogP contribution is -2.60. The number of hydrogen-bond acceptors (Lipinski definition) is 8. The Morgan fingerprint density at radius 3 is 2.03 bits per heavy atom. The van der Waals surface area contributed by atoms with Crippen LogP contribution in [0, 0.1) is 0 Å². The van der Waals surface area contributed by atoms with Gasteiger partial charge in [0.05, 0.1) is 25.4 Å². The Balaban J connectivity index is 2.45. The quantitative estimate of drug-likeness (QED) is 0.0898. The maximum Gasteiger partial charge on any atom is 0.220 e. The lowest BCUT2D eigenvalue weighted by atomic mass is 9.99. The van der Waals surface area contributed by atoms with E-state index in [1.165, 1.54) is 57.8 Å². The normalized spacial score (nSPS) is 25.5. The minimum Gasteiger partial charge on any atom is -0.394 e. The van der Waals surface area contributed by atoms with Crippen LogP contribution in [0.25, 0.3) is 0 Å². The van der Waals surface area contributed by atoms with Gasteiger partial charge in [0.15, 0.2) is 6.29 Å². The zero-order chi connectivity index (χ0) is 28.2. The average molecular weight is 546 g/mol. The van der Waals surface area contributed by atoms with Crippen molar-refractivity contribution < 1.29 is 39.8 Å². The summed E-state index contributed by atoms with van der Waals surface area (Å²) in [5.41, 5.74) is 0. The Hall–Kier alpha value is -1.07. The first-order valence-corrected chi connectivity index (χ1v) is 14.9. The summed E-state index contributed by atoms with van der Waals surface area (Å²) in [6.07, 6.45) is 12.3. The van der Waals surface area contributed by atoms with Gasteiger partial charge in [0.25, 0.3) is 0 Å². The molecule has 0 aliphatic carbocycles. The maximum atomic E-state index is 12.3. The molecule has 9 heteroatoms. The number of allylic oxidation sites excluding steroid dienone is 1. The third-order valence-corrected chi connectivity index (χ3v) is 7.11. The molecule has 1 amide bonds. The van der Waals surface area contributed by atoms with Crippen molar-refractivity contribution in [3.05, 3.63) is 12.2 Å². The Labute approximate surface area is 229 Å². The van der Waals surface area contributed by atoms with Gasteiger partial charge in [-0.25, -0.2) is 0 Å². The molecule has 0 bridgehead atoms. The molecule has 0 spiro atoms. The summed E-state index contributed by atoms with van der Waals surface area (Å²) >= 11 is 0. The Bertz CT molecular complexity index is 617. The number of rotatable bonds is 22. The van der Waals surface area contributed by atoms with E-state index in [1.807, 2.05) is 13.0 Å². The van der Waals surface area contributed by atoms with Crippen molar-refractivity contribution in [1.82, 2.24) is 5.32 Å². The van der Waals surface area contributed by atoms with E-state index in [4.69, 9.17) is 9.47 Å². The van der Waals surface area contributed by atoms with E-state index >= 15 is 0 Å². The van der Waals surface area contributed by atoms with Gasteiger partial charge < -0.3 is 40.3 Å². The fourth-order valence-corrected chi connectivity index (χ4v) is 4.54. The van der Waals surface area contributed by atoms with Gasteiger partial charge in [0, 0.05) is 6.42 Å². The Morgan fingerprint density at radius 1 is 0.868 bits per heavy atom. The number of carbonyl (C=O) groups is 1. The highest BCUT2D eigenvalue weighted by Crippen LogP contribution is 2.22. The molecule has 0 aromatic rings. The van der Waals surface area contributed by atoms with Crippen molar-refractivity contribution in [3.8, 4) is 0 Å². The molecule has 224 valence electrons. The molecule has 38 heavy (non-hydrogen) atoms. The molecule has 1 heterocycles. The zero-order valence-corrected chi connectivity index (χ0v) is 23.7. The first-order chi connectivity index (χ1) is 18.3. The largest absolute Gasteiger partial charge is 0.394 e. The summed E-state index contributed by atoms with van der Waals surface area (Å²) in [5.74, 6) is -0.216. The first kappa shape index (κ1) is 35.0. The van der Waals surface area contributed by atoms with Gasteiger partial charge in [-0.15, -0.1) is 0 Å². The molecule has 1 aliphatic rings. The molecule has 1 rings (SSSR count). The standard InChI is InChI=1S/C29H55NO8/c1-3-5-7-8-9-10-11-12-13-14-15-16-17-18-23(32)22(30-25(33)19-6-4-2)21-37-29-28(36)27(35)26(34)24(20-31)38-29/h17-18,22-24,26-29,31-32,34-36H,3-16,19-21H2,1-2H3,(H,30,33)/b18-17+/t22-,23+,24?,26?,27?,28?,29?/m0/s1. The molecule has 1 saturated heterocycles. The van der Waals surface area contributed by atoms with Gasteiger partial charge in [-0.2, -0.15) is 0 Å². The molecule has 1 aliphatic heterocycles. The highest BCUT2D eigenvalue weighted by Gasteiger charge is 2.44. The summed E-state index contributed by atoms with van der Waals surface area (Å²) in [6.45, 7) is 3.47. The first-order valence-electron chi connectivity index (χ1n) is 14.9. The third-order valence-electron chi connectivity index (χ3n) is 7.11. The van der Waals surface area contributed by atoms with Gasteiger partial charge >= 0.3 is 0 Å². The highest BCUT2D eigenvalue weighted by atomic mass is 16.7. The monoisotopic (exact) mass is 545 g/mol. The zero-order valence-electron chi connectivity index (χ0n) is 23.7. The van der Waals surface area contributed by atoms with Gasteiger partial charge in [0.1, 0.15) is 24.4 Å². The number of ether oxygens (including phenoxy) is 2. The number of amides is 1. The van der Waals surface area contributed by atoms with Crippen LogP contribution in [0.2, 0.25) is 0 Å². The number of aliphatic hydroxyl groups is 5. The molecule has 9 nitrogen and oxygen atoms in total. The van der Waals surface area contributed by atoms with Crippen molar-refractivity contribution in [2.45, 2.75) is 153 Å². The minimum atomic E-state index is -1.56. The Morgan fingerprint density at radius 2 is 1.45 bits per heavy atom. The van der Waals surface area contributed by atoms with Crippen molar-refractivity contribution in [2.24, 2.45) is 0 Å². The molecule has 1 fully saturated rings. The molecule has 7 atom stereocenters. The summed E-state index contributed by atoms with van der Waals surface area (Å²) in [7, 11) is 0. The van der Waals surface area contributed by atoms with Gasteiger partial charge in [-0.3, -0.25) is 4.79 Å². The van der Waals surface area contributed by atoms with Crippen molar-refractivity contribution in [3.63, 3.8) is 0 Å². The lowest BCUT2D eigenvalue weighted by Gasteiger charge is -2.40. The van der Waals surface area contributed by atoms with Gasteiger partial charge in [-0.05, 0) is 19.3 Å². The van der Waals surface area contributed by atoms with Crippen LogP contribution in [-0.2, 0) is 14.3 Å². The molecule has 0 aromatic carbocycles. The molecular weight excluding hydrogens is 490 g/mol. The SMILES string of the molecule is CCCCCCCCCCCCC/C=C/[C@@H](O)[C@H](COC1OC(CO)C(O)C(O)C1O)NC(=O)CCCC. The number of carbonyl (C=O) groups excluding carboxylic acids is 1. The van der Waals surface area contributed by atoms with Crippen LogP contribution in [0.3, 0.4) is 0 Å². The summed E-state index contributed by atoms with van der Waals surface area (Å²) < 4.78 is 11.0. The summed E-state index contributed by atoms with van der Waals surface area (Å²) in [6, 6.07) is -0.791. The van der Waals surface area contributed by atoms with Crippen LogP contribution in [0.4, 0.5) is 0 Å². The second-order valence-corrected chi connectivity index (χ2v) is 10.6. The van der Waals surface area contributed by atoms with Crippen molar-refractivity contribution >= 4 is 5.91 Å². The van der Waals surface area contributed by atoms with Crippen LogP contribution < -0.4 is 5.32 Å². The van der Waals surface area contributed by atoms with Crippen molar-refractivity contribution in [1.29, 1.82) is 0 Å². The fourth-order valence-electron chi connectivity index (χ4n) is 4.54. The van der Waals surface area contributed by atoms with Crippen LogP contribution in [0.1, 0.15) is 110 Å². The van der Waals surface area contributed by atoms with E-state index in [0.29, 0.717) is 6.42 Å². The highest BCUT2D eigenvalue weighted by molar-refractivity contribution is 5.76. The van der Waals surface area contributed by atoms with Gasteiger partial charge in [-0.1, -0.05) is 96.6 Å². The Kier molecular flexibility index (Phi) is 20.0. The number of aliphatic hydroxyl groups excluding tert-OH is 5. The molecule has 0 aromatic heterocycles. The van der Waals surface area contributed by atoms with E-state index in [-0.39, 0.29) is 12.5 Å². The average Bonchev–Trinajstić information content (AvgIpc) is 2.91. The molecule has 5 unspecified atom stereocenters. The molecule has 0 saturated carbocycles. The van der Waals surface area contributed by atoms with Crippen LogP contribution in [0.5, 0.6) is 0 Å². The van der Waals surface area contributed by atoms with Crippen LogP contribution >= 0.6 is 0 Å². The molecule has 6 N–H and O–H groups in total.